The van der Waals surface area contributed by atoms with Gasteiger partial charge in [-0.2, -0.15) is 15.3 Å². The lowest BCUT2D eigenvalue weighted by atomic mass is 9.94. The Bertz CT molecular complexity index is 1220. The average molecular weight is 431 g/mol. The quantitative estimate of drug-likeness (QED) is 0.618. The normalized spacial score (nSPS) is 18.2. The summed E-state index contributed by atoms with van der Waals surface area (Å²) >= 11 is 0. The molecule has 2 aromatic heterocycles. The molecule has 0 radical (unpaired) electrons. The molecule has 1 fully saturated rings. The van der Waals surface area contributed by atoms with Gasteiger partial charge >= 0.3 is 0 Å². The Labute approximate surface area is 186 Å². The summed E-state index contributed by atoms with van der Waals surface area (Å²) in [5, 5.41) is 21.1. The van der Waals surface area contributed by atoms with Crippen LogP contribution in [0, 0.1) is 11.3 Å². The van der Waals surface area contributed by atoms with Crippen LogP contribution in [0.3, 0.4) is 0 Å². The van der Waals surface area contributed by atoms with E-state index in [0.29, 0.717) is 35.4 Å². The van der Waals surface area contributed by atoms with Crippen LogP contribution in [0.1, 0.15) is 54.5 Å². The second-order valence-electron chi connectivity index (χ2n) is 8.78. The van der Waals surface area contributed by atoms with Crippen LogP contribution in [-0.2, 0) is 4.79 Å². The van der Waals surface area contributed by atoms with E-state index >= 15 is 0 Å². The fourth-order valence-electron chi connectivity index (χ4n) is 4.59. The maximum absolute atomic E-state index is 13.0. The first-order chi connectivity index (χ1) is 15.5. The van der Waals surface area contributed by atoms with E-state index in [9.17, 15) is 10.1 Å². The maximum atomic E-state index is 13.0. The number of carbonyl (C=O) groups is 1. The van der Waals surface area contributed by atoms with Crippen molar-refractivity contribution >= 4 is 28.6 Å². The number of hydrogen-bond acceptors (Lipinski definition) is 7. The zero-order valence-electron chi connectivity index (χ0n) is 18.3. The molecular weight excluding hydrogens is 404 g/mol. The summed E-state index contributed by atoms with van der Waals surface area (Å²) in [6, 6.07) is 7.79. The van der Waals surface area contributed by atoms with Crippen molar-refractivity contribution in [2.24, 2.45) is 0 Å². The van der Waals surface area contributed by atoms with Crippen molar-refractivity contribution in [1.82, 2.24) is 24.6 Å². The van der Waals surface area contributed by atoms with Crippen LogP contribution in [0.4, 0.5) is 11.6 Å². The van der Waals surface area contributed by atoms with Gasteiger partial charge in [-0.15, -0.1) is 0 Å². The van der Waals surface area contributed by atoms with Crippen molar-refractivity contribution in [3.63, 3.8) is 0 Å². The number of rotatable bonds is 6. The topological polar surface area (TPSA) is 112 Å². The van der Waals surface area contributed by atoms with Gasteiger partial charge in [0.05, 0.1) is 28.8 Å². The van der Waals surface area contributed by atoms with Crippen LogP contribution in [0.5, 0.6) is 0 Å². The van der Waals surface area contributed by atoms with Gasteiger partial charge in [-0.3, -0.25) is 9.48 Å². The highest BCUT2D eigenvalue weighted by atomic mass is 16.2. The number of benzene rings is 1. The number of nitrogens with one attached hydrogen (secondary N) is 2. The Morgan fingerprint density at radius 1 is 1.28 bits per heavy atom. The first kappa shape index (κ1) is 20.4. The van der Waals surface area contributed by atoms with Gasteiger partial charge in [0.15, 0.2) is 5.65 Å². The number of fused-ring (bicyclic) bond motifs is 2. The number of nitrogens with zero attached hydrogens (tertiary/aromatic N) is 6. The largest absolute Gasteiger partial charge is 0.353 e. The molecule has 1 aliphatic carbocycles. The molecule has 1 aromatic carbocycles. The minimum atomic E-state index is -0.612. The zero-order valence-corrected chi connectivity index (χ0v) is 18.3. The van der Waals surface area contributed by atoms with Crippen LogP contribution in [0.2, 0.25) is 0 Å². The molecule has 3 aromatic rings. The summed E-state index contributed by atoms with van der Waals surface area (Å²) in [7, 11) is 4.01. The standard InChI is InChI=1S/C23H26N8O/c1-30(2)10-9-25-23-27-20(17-13-31(29-21(17)28-23)15-5-3-4-6-15)19-16-11-14(12-24)7-8-18(16)26-22(19)32/h7-8,11,13,15,19H,3-6,9-10H2,1-2H3,(H,26,32)(H,25,28,29). The molecule has 2 N–H and O–H groups in total. The molecule has 1 amide bonds. The fraction of sp³-hybridized carbons (Fsp3) is 0.435. The molecule has 5 rings (SSSR count). The van der Waals surface area contributed by atoms with E-state index in [4.69, 9.17) is 10.1 Å². The number of hydrogen-bond donors (Lipinski definition) is 2. The smallest absolute Gasteiger partial charge is 0.238 e. The number of aromatic nitrogens is 4. The highest BCUT2D eigenvalue weighted by Gasteiger charge is 2.36. The van der Waals surface area contributed by atoms with E-state index in [2.05, 4.69) is 26.6 Å². The van der Waals surface area contributed by atoms with Gasteiger partial charge in [0.1, 0.15) is 5.92 Å². The van der Waals surface area contributed by atoms with E-state index in [1.807, 2.05) is 25.0 Å². The zero-order chi connectivity index (χ0) is 22.2. The van der Waals surface area contributed by atoms with Crippen molar-refractivity contribution in [1.29, 1.82) is 5.26 Å². The van der Waals surface area contributed by atoms with Crippen molar-refractivity contribution in [2.75, 3.05) is 37.8 Å². The maximum Gasteiger partial charge on any atom is 0.238 e. The third kappa shape index (κ3) is 3.67. The van der Waals surface area contributed by atoms with Crippen LogP contribution in [0.15, 0.2) is 24.4 Å². The number of anilines is 2. The molecule has 0 saturated heterocycles. The highest BCUT2D eigenvalue weighted by molar-refractivity contribution is 6.06. The molecule has 1 unspecified atom stereocenters. The molecule has 164 valence electrons. The molecule has 2 aliphatic rings. The molecule has 1 aliphatic heterocycles. The predicted molar refractivity (Wildman–Crippen MR) is 122 cm³/mol. The summed E-state index contributed by atoms with van der Waals surface area (Å²) in [6.07, 6.45) is 6.59. The van der Waals surface area contributed by atoms with Crippen LogP contribution in [0.25, 0.3) is 11.0 Å². The Morgan fingerprint density at radius 2 is 2.09 bits per heavy atom. The van der Waals surface area contributed by atoms with E-state index in [0.717, 1.165) is 36.0 Å². The van der Waals surface area contributed by atoms with Crippen LogP contribution >= 0.6 is 0 Å². The lowest BCUT2D eigenvalue weighted by Crippen LogP contribution is -2.22. The van der Waals surface area contributed by atoms with Gasteiger partial charge in [-0.05, 0) is 50.7 Å². The van der Waals surface area contributed by atoms with Gasteiger partial charge in [0.2, 0.25) is 11.9 Å². The molecule has 9 nitrogen and oxygen atoms in total. The lowest BCUT2D eigenvalue weighted by molar-refractivity contribution is -0.116. The molecular formula is C23H26N8O. The third-order valence-electron chi connectivity index (χ3n) is 6.25. The predicted octanol–water partition coefficient (Wildman–Crippen LogP) is 2.87. The van der Waals surface area contributed by atoms with E-state index in [1.165, 1.54) is 12.8 Å². The summed E-state index contributed by atoms with van der Waals surface area (Å²) in [6.45, 7) is 1.50. The number of carbonyl (C=O) groups excluding carboxylic acids is 1. The average Bonchev–Trinajstić information content (AvgIpc) is 3.50. The van der Waals surface area contributed by atoms with Crippen LogP contribution in [-0.4, -0.2) is 57.7 Å². The number of amides is 1. The Balaban J connectivity index is 1.62. The fourth-order valence-corrected chi connectivity index (χ4v) is 4.59. The summed E-state index contributed by atoms with van der Waals surface area (Å²) in [4.78, 5) is 24.6. The molecule has 0 bridgehead atoms. The monoisotopic (exact) mass is 430 g/mol. The van der Waals surface area contributed by atoms with Gasteiger partial charge < -0.3 is 15.5 Å². The van der Waals surface area contributed by atoms with E-state index in [1.54, 1.807) is 18.2 Å². The van der Waals surface area contributed by atoms with Crippen molar-refractivity contribution < 1.29 is 4.79 Å². The molecule has 32 heavy (non-hydrogen) atoms. The second kappa shape index (κ2) is 8.20. The van der Waals surface area contributed by atoms with E-state index < -0.39 is 5.92 Å². The Hall–Kier alpha value is -3.51. The minimum absolute atomic E-state index is 0.150. The molecule has 9 heteroatoms. The highest BCUT2D eigenvalue weighted by Crippen LogP contribution is 2.40. The van der Waals surface area contributed by atoms with Crippen molar-refractivity contribution in [3.8, 4) is 6.07 Å². The van der Waals surface area contributed by atoms with Gasteiger partial charge in [-0.1, -0.05) is 12.8 Å². The van der Waals surface area contributed by atoms with Crippen LogP contribution < -0.4 is 10.6 Å². The summed E-state index contributed by atoms with van der Waals surface area (Å²) in [5.74, 6) is -0.300. The first-order valence-electron chi connectivity index (χ1n) is 11.0. The third-order valence-corrected chi connectivity index (χ3v) is 6.25. The van der Waals surface area contributed by atoms with E-state index in [-0.39, 0.29) is 5.91 Å². The molecule has 3 heterocycles. The van der Waals surface area contributed by atoms with Gasteiger partial charge in [0, 0.05) is 25.0 Å². The SMILES string of the molecule is CN(C)CCNc1nc(C2C(=O)Nc3ccc(C#N)cc32)c2cn(C3CCCC3)nc2n1. The molecule has 1 atom stereocenters. The Morgan fingerprint density at radius 3 is 2.84 bits per heavy atom. The lowest BCUT2D eigenvalue weighted by Gasteiger charge is -2.13. The summed E-state index contributed by atoms with van der Waals surface area (Å²) in [5.41, 5.74) is 3.21. The van der Waals surface area contributed by atoms with Gasteiger partial charge in [0.25, 0.3) is 0 Å². The van der Waals surface area contributed by atoms with Gasteiger partial charge in [-0.25, -0.2) is 4.98 Å². The number of likely N-dealkylation sites (N-methyl/N-ethyl adjacent to an activating group) is 1. The van der Waals surface area contributed by atoms with Crippen molar-refractivity contribution in [3.05, 3.63) is 41.2 Å². The summed E-state index contributed by atoms with van der Waals surface area (Å²) < 4.78 is 2.00. The minimum Gasteiger partial charge on any atom is -0.353 e. The molecule has 1 saturated carbocycles. The Kier molecular flexibility index (Phi) is 5.23. The second-order valence-corrected chi connectivity index (χ2v) is 8.78. The van der Waals surface area contributed by atoms with Crippen molar-refractivity contribution in [2.45, 2.75) is 37.6 Å². The number of nitriles is 1. The first-order valence-corrected chi connectivity index (χ1v) is 11.0. The molecule has 0 spiro atoms.